The van der Waals surface area contributed by atoms with E-state index in [1.54, 1.807) is 30.5 Å². The molecule has 0 saturated carbocycles. The minimum atomic E-state index is -0.973. The summed E-state index contributed by atoms with van der Waals surface area (Å²) in [6.07, 6.45) is 1.65. The van der Waals surface area contributed by atoms with Crippen molar-refractivity contribution in [3.05, 3.63) is 100 Å². The highest BCUT2D eigenvalue weighted by atomic mass is 79.9. The maximum Gasteiger partial charge on any atom is 0.335 e. The molecule has 1 atom stereocenters. The van der Waals surface area contributed by atoms with Gasteiger partial charge in [0, 0.05) is 27.3 Å². The second-order valence-corrected chi connectivity index (χ2v) is 7.51. The number of aromatic nitrogens is 1. The molecule has 0 radical (unpaired) electrons. The Morgan fingerprint density at radius 1 is 0.966 bits per heavy atom. The Kier molecular flexibility index (Phi) is 5.18. The van der Waals surface area contributed by atoms with Crippen LogP contribution >= 0.6 is 15.9 Å². The number of nitrogens with one attached hydrogen (secondary N) is 1. The van der Waals surface area contributed by atoms with Gasteiger partial charge in [0.15, 0.2) is 0 Å². The summed E-state index contributed by atoms with van der Waals surface area (Å²) in [6.45, 7) is 0. The smallest absolute Gasteiger partial charge is 0.335 e. The monoisotopic (exact) mass is 448 g/mol. The van der Waals surface area contributed by atoms with Crippen LogP contribution in [0.4, 0.5) is 5.69 Å². The van der Waals surface area contributed by atoms with E-state index in [1.165, 1.54) is 0 Å². The van der Waals surface area contributed by atoms with Crippen LogP contribution in [0.5, 0.6) is 5.75 Å². The van der Waals surface area contributed by atoms with Crippen LogP contribution in [0.3, 0.4) is 0 Å². The molecule has 6 heteroatoms. The van der Waals surface area contributed by atoms with E-state index in [0.29, 0.717) is 11.1 Å². The molecule has 3 N–H and O–H groups in total. The standard InChI is InChI=1S/C23H17BrN2O3/c24-17-8-3-15(4-9-17)20(26-18-10-5-16(6-11-18)23(28)29)19-12-7-14-2-1-13-25-21(14)22(19)27/h1-13,20,26-27H,(H,28,29). The van der Waals surface area contributed by atoms with Gasteiger partial charge in [-0.25, -0.2) is 4.79 Å². The fraction of sp³-hybridized carbons (Fsp3) is 0.0435. The molecule has 0 aliphatic rings. The molecule has 1 heterocycles. The molecule has 0 bridgehead atoms. The number of rotatable bonds is 5. The van der Waals surface area contributed by atoms with Gasteiger partial charge in [-0.05, 0) is 48.0 Å². The van der Waals surface area contributed by atoms with Crippen LogP contribution in [0.25, 0.3) is 10.9 Å². The summed E-state index contributed by atoms with van der Waals surface area (Å²) >= 11 is 3.45. The Morgan fingerprint density at radius 2 is 1.69 bits per heavy atom. The number of anilines is 1. The summed E-state index contributed by atoms with van der Waals surface area (Å²) in [4.78, 5) is 15.4. The van der Waals surface area contributed by atoms with E-state index in [9.17, 15) is 9.90 Å². The molecule has 0 aliphatic heterocycles. The molecule has 29 heavy (non-hydrogen) atoms. The second kappa shape index (κ2) is 7.93. The number of aromatic carboxylic acids is 1. The molecule has 1 aromatic heterocycles. The predicted molar refractivity (Wildman–Crippen MR) is 116 cm³/mol. The molecule has 1 unspecified atom stereocenters. The Hall–Kier alpha value is -3.38. The highest BCUT2D eigenvalue weighted by Crippen LogP contribution is 2.36. The highest BCUT2D eigenvalue weighted by molar-refractivity contribution is 9.10. The average molecular weight is 449 g/mol. The van der Waals surface area contributed by atoms with Crippen LogP contribution in [0.1, 0.15) is 27.5 Å². The number of pyridine rings is 1. The van der Waals surface area contributed by atoms with Crippen molar-refractivity contribution in [3.63, 3.8) is 0 Å². The number of benzene rings is 3. The topological polar surface area (TPSA) is 82.5 Å². The summed E-state index contributed by atoms with van der Waals surface area (Å²) in [5.74, 6) is -0.857. The largest absolute Gasteiger partial charge is 0.505 e. The van der Waals surface area contributed by atoms with Crippen molar-refractivity contribution in [2.24, 2.45) is 0 Å². The molecule has 0 fully saturated rings. The fourth-order valence-corrected chi connectivity index (χ4v) is 3.51. The lowest BCUT2D eigenvalue weighted by atomic mass is 9.96. The van der Waals surface area contributed by atoms with Gasteiger partial charge in [0.05, 0.1) is 11.6 Å². The Morgan fingerprint density at radius 3 is 2.38 bits per heavy atom. The first-order valence-electron chi connectivity index (χ1n) is 8.95. The Balaban J connectivity index is 1.79. The summed E-state index contributed by atoms with van der Waals surface area (Å²) in [6, 6.07) is 21.5. The van der Waals surface area contributed by atoms with Gasteiger partial charge in [0.2, 0.25) is 0 Å². The molecule has 0 aliphatic carbocycles. The van der Waals surface area contributed by atoms with Crippen molar-refractivity contribution in [2.45, 2.75) is 6.04 Å². The van der Waals surface area contributed by atoms with Crippen molar-refractivity contribution in [2.75, 3.05) is 5.32 Å². The van der Waals surface area contributed by atoms with Gasteiger partial charge in [-0.15, -0.1) is 0 Å². The first-order valence-corrected chi connectivity index (χ1v) is 9.74. The molecule has 0 saturated heterocycles. The van der Waals surface area contributed by atoms with E-state index < -0.39 is 5.97 Å². The molecular formula is C23H17BrN2O3. The van der Waals surface area contributed by atoms with Gasteiger partial charge in [-0.1, -0.05) is 46.3 Å². The third kappa shape index (κ3) is 3.93. The van der Waals surface area contributed by atoms with Crippen LogP contribution < -0.4 is 5.32 Å². The van der Waals surface area contributed by atoms with Gasteiger partial charge in [0.1, 0.15) is 11.3 Å². The number of hydrogen-bond acceptors (Lipinski definition) is 4. The van der Waals surface area contributed by atoms with E-state index in [0.717, 1.165) is 21.1 Å². The van der Waals surface area contributed by atoms with E-state index in [1.807, 2.05) is 48.5 Å². The number of phenols is 1. The number of nitrogens with zero attached hydrogens (tertiary/aromatic N) is 1. The number of hydrogen-bond donors (Lipinski definition) is 3. The van der Waals surface area contributed by atoms with Gasteiger partial charge in [0.25, 0.3) is 0 Å². The average Bonchev–Trinajstić information content (AvgIpc) is 2.74. The molecular weight excluding hydrogens is 432 g/mol. The lowest BCUT2D eigenvalue weighted by Gasteiger charge is -2.23. The Labute approximate surface area is 175 Å². The van der Waals surface area contributed by atoms with Gasteiger partial charge in [-0.3, -0.25) is 4.98 Å². The molecule has 0 amide bonds. The maximum atomic E-state index is 11.1. The third-order valence-electron chi connectivity index (χ3n) is 4.74. The first-order chi connectivity index (χ1) is 14.0. The van der Waals surface area contributed by atoms with E-state index in [2.05, 4.69) is 26.2 Å². The zero-order valence-corrected chi connectivity index (χ0v) is 16.8. The summed E-state index contributed by atoms with van der Waals surface area (Å²) in [5.41, 5.74) is 3.12. The van der Waals surface area contributed by atoms with Crippen LogP contribution in [0.2, 0.25) is 0 Å². The summed E-state index contributed by atoms with van der Waals surface area (Å²) in [5, 5.41) is 24.3. The number of halogens is 1. The lowest BCUT2D eigenvalue weighted by molar-refractivity contribution is 0.0697. The fourth-order valence-electron chi connectivity index (χ4n) is 3.25. The minimum Gasteiger partial charge on any atom is -0.505 e. The molecule has 4 aromatic rings. The number of fused-ring (bicyclic) bond motifs is 1. The van der Waals surface area contributed by atoms with Gasteiger partial charge < -0.3 is 15.5 Å². The highest BCUT2D eigenvalue weighted by Gasteiger charge is 2.20. The van der Waals surface area contributed by atoms with E-state index >= 15 is 0 Å². The van der Waals surface area contributed by atoms with Crippen molar-refractivity contribution >= 4 is 38.5 Å². The number of carboxylic acids is 1. The van der Waals surface area contributed by atoms with Gasteiger partial charge in [-0.2, -0.15) is 0 Å². The minimum absolute atomic E-state index is 0.116. The quantitative estimate of drug-likeness (QED) is 0.369. The zero-order valence-electron chi connectivity index (χ0n) is 15.2. The van der Waals surface area contributed by atoms with E-state index in [-0.39, 0.29) is 17.4 Å². The predicted octanol–water partition coefficient (Wildman–Crippen LogP) is 5.60. The Bertz CT molecular complexity index is 1180. The molecule has 5 nitrogen and oxygen atoms in total. The van der Waals surface area contributed by atoms with Crippen molar-refractivity contribution in [3.8, 4) is 5.75 Å². The number of phenolic OH excluding ortho intramolecular Hbond substituents is 1. The van der Waals surface area contributed by atoms with Crippen LogP contribution in [0, 0.1) is 0 Å². The first kappa shape index (κ1) is 19.0. The number of aromatic hydroxyl groups is 1. The van der Waals surface area contributed by atoms with Crippen molar-refractivity contribution in [1.82, 2.24) is 4.98 Å². The second-order valence-electron chi connectivity index (χ2n) is 6.59. The molecule has 3 aromatic carbocycles. The van der Waals surface area contributed by atoms with Crippen LogP contribution in [0.15, 0.2) is 83.5 Å². The van der Waals surface area contributed by atoms with Crippen molar-refractivity contribution < 1.29 is 15.0 Å². The van der Waals surface area contributed by atoms with Crippen LogP contribution in [-0.2, 0) is 0 Å². The number of carbonyl (C=O) groups is 1. The van der Waals surface area contributed by atoms with Gasteiger partial charge >= 0.3 is 5.97 Å². The molecule has 0 spiro atoms. The SMILES string of the molecule is O=C(O)c1ccc(NC(c2ccc(Br)cc2)c2ccc3cccnc3c2O)cc1. The maximum absolute atomic E-state index is 11.1. The van der Waals surface area contributed by atoms with Crippen LogP contribution in [-0.4, -0.2) is 21.2 Å². The van der Waals surface area contributed by atoms with E-state index in [4.69, 9.17) is 5.11 Å². The normalized spacial score (nSPS) is 11.9. The molecule has 144 valence electrons. The molecule has 4 rings (SSSR count). The lowest BCUT2D eigenvalue weighted by Crippen LogP contribution is -2.13. The van der Waals surface area contributed by atoms with Crippen molar-refractivity contribution in [1.29, 1.82) is 0 Å². The third-order valence-corrected chi connectivity index (χ3v) is 5.26. The zero-order chi connectivity index (χ0) is 20.4. The number of carboxylic acid groups (broad SMARTS) is 1. The summed E-state index contributed by atoms with van der Waals surface area (Å²) < 4.78 is 0.954. The summed E-state index contributed by atoms with van der Waals surface area (Å²) in [7, 11) is 0.